The van der Waals surface area contributed by atoms with Crippen LogP contribution in [0.1, 0.15) is 26.2 Å². The molecule has 0 aromatic carbocycles. The highest BCUT2D eigenvalue weighted by Crippen LogP contribution is 2.19. The lowest BCUT2D eigenvalue weighted by molar-refractivity contribution is -0.137. The number of carbonyl (C=O) groups is 1. The second-order valence-corrected chi connectivity index (χ2v) is 4.60. The number of rotatable bonds is 5. The predicted octanol–water partition coefficient (Wildman–Crippen LogP) is 1.35. The Morgan fingerprint density at radius 3 is 2.89 bits per heavy atom. The molecule has 1 fully saturated rings. The first-order valence-corrected chi connectivity index (χ1v) is 6.20. The third-order valence-electron chi connectivity index (χ3n) is 2.96. The topological polar surface area (TPSA) is 78.4 Å². The molecule has 98 valence electrons. The lowest BCUT2D eigenvalue weighted by atomic mass is 10.2. The number of aliphatic carboxylic acids is 1. The first kappa shape index (κ1) is 12.6. The van der Waals surface area contributed by atoms with E-state index in [1.165, 1.54) is 19.2 Å². The van der Waals surface area contributed by atoms with Gasteiger partial charge >= 0.3 is 5.97 Å². The minimum atomic E-state index is -0.816. The fraction of sp³-hybridized carbons (Fsp3) is 0.583. The Kier molecular flexibility index (Phi) is 3.96. The highest BCUT2D eigenvalue weighted by molar-refractivity contribution is 5.68. The van der Waals surface area contributed by atoms with Crippen LogP contribution < -0.4 is 10.2 Å². The van der Waals surface area contributed by atoms with Crippen molar-refractivity contribution in [2.24, 2.45) is 0 Å². The van der Waals surface area contributed by atoms with Crippen molar-refractivity contribution in [1.82, 2.24) is 9.97 Å². The van der Waals surface area contributed by atoms with E-state index in [9.17, 15) is 4.79 Å². The standard InChI is InChI=1S/C12H18N4O2/c1-9(6-12(17)18)15-10-7-11(14-8-13-10)16-4-2-3-5-16/h7-9H,2-6H2,1H3,(H,17,18)(H,13,14,15). The zero-order chi connectivity index (χ0) is 13.0. The number of nitrogens with zero attached hydrogens (tertiary/aromatic N) is 3. The Morgan fingerprint density at radius 1 is 1.50 bits per heavy atom. The van der Waals surface area contributed by atoms with E-state index in [-0.39, 0.29) is 12.5 Å². The van der Waals surface area contributed by atoms with Gasteiger partial charge in [-0.05, 0) is 19.8 Å². The molecule has 0 amide bonds. The summed E-state index contributed by atoms with van der Waals surface area (Å²) in [6, 6.07) is 1.73. The smallest absolute Gasteiger partial charge is 0.305 e. The Bertz CT molecular complexity index is 418. The van der Waals surface area contributed by atoms with Crippen molar-refractivity contribution in [3.63, 3.8) is 0 Å². The lowest BCUT2D eigenvalue weighted by Gasteiger charge is -2.18. The van der Waals surface area contributed by atoms with Crippen LogP contribution in [0.2, 0.25) is 0 Å². The van der Waals surface area contributed by atoms with Gasteiger partial charge in [-0.2, -0.15) is 0 Å². The molecule has 1 unspecified atom stereocenters. The third-order valence-corrected chi connectivity index (χ3v) is 2.96. The van der Waals surface area contributed by atoms with E-state index in [2.05, 4.69) is 20.2 Å². The summed E-state index contributed by atoms with van der Waals surface area (Å²) in [5.74, 6) is 0.775. The number of hydrogen-bond donors (Lipinski definition) is 2. The highest BCUT2D eigenvalue weighted by atomic mass is 16.4. The van der Waals surface area contributed by atoms with Crippen molar-refractivity contribution in [2.45, 2.75) is 32.2 Å². The quantitative estimate of drug-likeness (QED) is 0.821. The molecule has 1 saturated heterocycles. The van der Waals surface area contributed by atoms with Crippen LogP contribution in [-0.2, 0) is 4.79 Å². The number of aromatic nitrogens is 2. The molecule has 2 rings (SSSR count). The molecule has 2 N–H and O–H groups in total. The maximum absolute atomic E-state index is 10.6. The molecular weight excluding hydrogens is 232 g/mol. The van der Waals surface area contributed by atoms with Crippen LogP contribution in [0.15, 0.2) is 12.4 Å². The summed E-state index contributed by atoms with van der Waals surface area (Å²) >= 11 is 0. The van der Waals surface area contributed by atoms with Crippen LogP contribution in [0, 0.1) is 0 Å². The van der Waals surface area contributed by atoms with E-state index < -0.39 is 5.97 Å². The number of carboxylic acids is 1. The monoisotopic (exact) mass is 250 g/mol. The fourth-order valence-corrected chi connectivity index (χ4v) is 2.11. The first-order chi connectivity index (χ1) is 8.65. The molecule has 0 aliphatic carbocycles. The van der Waals surface area contributed by atoms with Gasteiger partial charge in [-0.1, -0.05) is 0 Å². The van der Waals surface area contributed by atoms with Gasteiger partial charge in [0.05, 0.1) is 6.42 Å². The van der Waals surface area contributed by atoms with E-state index in [0.717, 1.165) is 18.9 Å². The molecule has 0 bridgehead atoms. The molecule has 1 aromatic rings. The Labute approximate surface area is 106 Å². The maximum atomic E-state index is 10.6. The van der Waals surface area contributed by atoms with Gasteiger partial charge in [-0.25, -0.2) is 9.97 Å². The summed E-state index contributed by atoms with van der Waals surface area (Å²) in [5, 5.41) is 11.8. The van der Waals surface area contributed by atoms with Crippen LogP contribution in [0.3, 0.4) is 0 Å². The number of carboxylic acid groups (broad SMARTS) is 1. The van der Waals surface area contributed by atoms with Crippen molar-refractivity contribution in [3.05, 3.63) is 12.4 Å². The zero-order valence-electron chi connectivity index (χ0n) is 10.5. The molecule has 6 nitrogen and oxygen atoms in total. The molecule has 2 heterocycles. The van der Waals surface area contributed by atoms with Crippen LogP contribution in [0.5, 0.6) is 0 Å². The number of nitrogens with one attached hydrogen (secondary N) is 1. The van der Waals surface area contributed by atoms with Crippen molar-refractivity contribution >= 4 is 17.6 Å². The maximum Gasteiger partial charge on any atom is 0.305 e. The van der Waals surface area contributed by atoms with Gasteiger partial charge in [0.15, 0.2) is 0 Å². The van der Waals surface area contributed by atoms with Gasteiger partial charge in [0, 0.05) is 25.2 Å². The van der Waals surface area contributed by atoms with E-state index in [4.69, 9.17) is 5.11 Å². The van der Waals surface area contributed by atoms with Crippen LogP contribution in [0.25, 0.3) is 0 Å². The summed E-state index contributed by atoms with van der Waals surface area (Å²) in [7, 11) is 0. The van der Waals surface area contributed by atoms with Crippen molar-refractivity contribution in [3.8, 4) is 0 Å². The largest absolute Gasteiger partial charge is 0.481 e. The lowest BCUT2D eigenvalue weighted by Crippen LogP contribution is -2.22. The molecule has 1 aliphatic heterocycles. The van der Waals surface area contributed by atoms with E-state index >= 15 is 0 Å². The van der Waals surface area contributed by atoms with Crippen LogP contribution >= 0.6 is 0 Å². The molecular formula is C12H18N4O2. The zero-order valence-corrected chi connectivity index (χ0v) is 10.5. The van der Waals surface area contributed by atoms with Crippen LogP contribution in [0.4, 0.5) is 11.6 Å². The molecule has 1 aromatic heterocycles. The molecule has 1 atom stereocenters. The summed E-state index contributed by atoms with van der Waals surface area (Å²) in [5.41, 5.74) is 0. The second-order valence-electron chi connectivity index (χ2n) is 4.60. The molecule has 18 heavy (non-hydrogen) atoms. The fourth-order valence-electron chi connectivity index (χ4n) is 2.11. The number of anilines is 2. The van der Waals surface area contributed by atoms with Crippen molar-refractivity contribution < 1.29 is 9.90 Å². The average Bonchev–Trinajstić information content (AvgIpc) is 2.81. The number of hydrogen-bond acceptors (Lipinski definition) is 5. The van der Waals surface area contributed by atoms with Crippen molar-refractivity contribution in [1.29, 1.82) is 0 Å². The molecule has 0 spiro atoms. The average molecular weight is 250 g/mol. The van der Waals surface area contributed by atoms with Gasteiger partial charge in [0.1, 0.15) is 18.0 Å². The van der Waals surface area contributed by atoms with E-state index in [0.29, 0.717) is 5.82 Å². The molecule has 1 aliphatic rings. The van der Waals surface area contributed by atoms with Gasteiger partial charge < -0.3 is 15.3 Å². The SMILES string of the molecule is CC(CC(=O)O)Nc1cc(N2CCCC2)ncn1. The summed E-state index contributed by atoms with van der Waals surface area (Å²) in [6.45, 7) is 3.88. The predicted molar refractivity (Wildman–Crippen MR) is 68.8 cm³/mol. The van der Waals surface area contributed by atoms with Gasteiger partial charge in [0.25, 0.3) is 0 Å². The summed E-state index contributed by atoms with van der Waals surface area (Å²) in [6.07, 6.45) is 3.98. The molecule has 0 radical (unpaired) electrons. The summed E-state index contributed by atoms with van der Waals surface area (Å²) in [4.78, 5) is 21.2. The second kappa shape index (κ2) is 5.66. The Balaban J connectivity index is 2.00. The Morgan fingerprint density at radius 2 is 2.22 bits per heavy atom. The van der Waals surface area contributed by atoms with Gasteiger partial charge in [-0.3, -0.25) is 4.79 Å². The molecule has 6 heteroatoms. The molecule has 0 saturated carbocycles. The van der Waals surface area contributed by atoms with Crippen molar-refractivity contribution in [2.75, 3.05) is 23.3 Å². The third kappa shape index (κ3) is 3.32. The van der Waals surface area contributed by atoms with E-state index in [1.54, 1.807) is 0 Å². The Hall–Kier alpha value is -1.85. The summed E-state index contributed by atoms with van der Waals surface area (Å²) < 4.78 is 0. The van der Waals surface area contributed by atoms with E-state index in [1.807, 2.05) is 13.0 Å². The normalized spacial score (nSPS) is 16.6. The van der Waals surface area contributed by atoms with Gasteiger partial charge in [0.2, 0.25) is 0 Å². The first-order valence-electron chi connectivity index (χ1n) is 6.20. The minimum Gasteiger partial charge on any atom is -0.481 e. The van der Waals surface area contributed by atoms with Gasteiger partial charge in [-0.15, -0.1) is 0 Å². The van der Waals surface area contributed by atoms with Crippen LogP contribution in [-0.4, -0.2) is 40.2 Å². The highest BCUT2D eigenvalue weighted by Gasteiger charge is 2.14. The minimum absolute atomic E-state index is 0.0725.